The monoisotopic (exact) mass is 448 g/mol. The van der Waals surface area contributed by atoms with Crippen LogP contribution in [-0.4, -0.2) is 35.8 Å². The fourth-order valence-electron chi connectivity index (χ4n) is 2.46. The van der Waals surface area contributed by atoms with Crippen molar-refractivity contribution in [2.75, 3.05) is 18.5 Å². The van der Waals surface area contributed by atoms with Gasteiger partial charge in [0.2, 0.25) is 0 Å². The third-order valence-corrected chi connectivity index (χ3v) is 4.32. The summed E-state index contributed by atoms with van der Waals surface area (Å²) in [4.78, 5) is 46.1. The molecule has 0 unspecified atom stereocenters. The van der Waals surface area contributed by atoms with Crippen molar-refractivity contribution in [1.29, 1.82) is 0 Å². The van der Waals surface area contributed by atoms with E-state index in [1.165, 1.54) is 12.1 Å². The first-order chi connectivity index (χ1) is 14.8. The highest BCUT2D eigenvalue weighted by atomic mass is 35.5. The van der Waals surface area contributed by atoms with Gasteiger partial charge in [-0.05, 0) is 42.8 Å². The Labute approximate surface area is 183 Å². The number of carbonyl (C=O) groups excluding carboxylic acids is 3. The minimum atomic E-state index is -0.714. The molecule has 0 aliphatic heterocycles. The van der Waals surface area contributed by atoms with Crippen molar-refractivity contribution in [3.05, 3.63) is 63.2 Å². The summed E-state index contributed by atoms with van der Waals surface area (Å²) >= 11 is 5.71. The summed E-state index contributed by atoms with van der Waals surface area (Å²) in [5, 5.41) is 13.2. The van der Waals surface area contributed by atoms with Crippen molar-refractivity contribution >= 4 is 40.6 Å². The number of ketones is 1. The second-order valence-electron chi connectivity index (χ2n) is 6.43. The Kier molecular flexibility index (Phi) is 8.95. The topological polar surface area (TPSA) is 125 Å². The summed E-state index contributed by atoms with van der Waals surface area (Å²) in [6, 6.07) is 10.4. The van der Waals surface area contributed by atoms with Gasteiger partial charge in [0.1, 0.15) is 10.8 Å². The van der Waals surface area contributed by atoms with Crippen LogP contribution >= 0.6 is 11.6 Å². The Bertz CT molecular complexity index is 961. The van der Waals surface area contributed by atoms with E-state index in [1.807, 2.05) is 6.92 Å². The summed E-state index contributed by atoms with van der Waals surface area (Å²) in [5.41, 5.74) is 0.220. The van der Waals surface area contributed by atoms with Gasteiger partial charge in [-0.3, -0.25) is 24.5 Å². The summed E-state index contributed by atoms with van der Waals surface area (Å²) in [5.74, 6) is -0.973. The molecule has 1 N–H and O–H groups in total. The Balaban J connectivity index is 1.76. The molecule has 0 atom stereocenters. The zero-order valence-electron chi connectivity index (χ0n) is 16.8. The highest BCUT2D eigenvalue weighted by Gasteiger charge is 2.15. The summed E-state index contributed by atoms with van der Waals surface area (Å²) in [6.07, 6.45) is 0.617. The number of halogens is 1. The van der Waals surface area contributed by atoms with Gasteiger partial charge in [0.05, 0.1) is 18.0 Å². The van der Waals surface area contributed by atoms with E-state index in [0.29, 0.717) is 17.9 Å². The van der Waals surface area contributed by atoms with Crippen molar-refractivity contribution < 1.29 is 28.8 Å². The number of carbonyl (C=O) groups is 3. The number of benzene rings is 2. The van der Waals surface area contributed by atoms with Crippen molar-refractivity contribution in [2.24, 2.45) is 0 Å². The first-order valence-electron chi connectivity index (χ1n) is 9.45. The molecule has 0 radical (unpaired) electrons. The molecule has 0 saturated carbocycles. The lowest BCUT2D eigenvalue weighted by Gasteiger charge is -2.07. The maximum Gasteiger partial charge on any atom is 0.306 e. The van der Waals surface area contributed by atoms with E-state index in [2.05, 4.69) is 5.32 Å². The highest BCUT2D eigenvalue weighted by molar-refractivity contribution is 6.32. The largest absolute Gasteiger partial charge is 0.494 e. The van der Waals surface area contributed by atoms with E-state index in [-0.39, 0.29) is 35.0 Å². The predicted octanol–water partition coefficient (Wildman–Crippen LogP) is 4.18. The number of esters is 1. The first-order valence-corrected chi connectivity index (χ1v) is 9.83. The van der Waals surface area contributed by atoms with Gasteiger partial charge in [0.15, 0.2) is 12.4 Å². The van der Waals surface area contributed by atoms with Crippen LogP contribution in [0.15, 0.2) is 42.5 Å². The molecule has 0 bridgehead atoms. The molecule has 0 aromatic heterocycles. The molecule has 1 amide bonds. The predicted molar refractivity (Wildman–Crippen MR) is 113 cm³/mol. The van der Waals surface area contributed by atoms with Crippen molar-refractivity contribution in [2.45, 2.75) is 26.2 Å². The van der Waals surface area contributed by atoms with Gasteiger partial charge in [-0.25, -0.2) is 0 Å². The van der Waals surface area contributed by atoms with Crippen LogP contribution in [0, 0.1) is 10.1 Å². The lowest BCUT2D eigenvalue weighted by molar-refractivity contribution is -0.384. The van der Waals surface area contributed by atoms with Gasteiger partial charge >= 0.3 is 5.97 Å². The molecule has 0 saturated heterocycles. The number of ether oxygens (including phenoxy) is 2. The number of nitrogens with zero attached hydrogens (tertiary/aromatic N) is 1. The maximum atomic E-state index is 12.2. The average Bonchev–Trinajstić information content (AvgIpc) is 2.76. The molecule has 9 nitrogen and oxygen atoms in total. The van der Waals surface area contributed by atoms with E-state index < -0.39 is 23.4 Å². The van der Waals surface area contributed by atoms with E-state index in [9.17, 15) is 24.5 Å². The van der Waals surface area contributed by atoms with Crippen LogP contribution in [0.25, 0.3) is 0 Å². The van der Waals surface area contributed by atoms with Crippen LogP contribution < -0.4 is 10.1 Å². The molecular weight excluding hydrogens is 428 g/mol. The van der Waals surface area contributed by atoms with Crippen LogP contribution in [0.5, 0.6) is 5.75 Å². The molecule has 2 aromatic carbocycles. The molecule has 2 rings (SSSR count). The number of rotatable bonds is 11. The number of anilines is 1. The van der Waals surface area contributed by atoms with Gasteiger partial charge in [0.25, 0.3) is 11.6 Å². The maximum absolute atomic E-state index is 12.2. The van der Waals surface area contributed by atoms with Crippen LogP contribution in [0.2, 0.25) is 5.02 Å². The number of nitro benzene ring substituents is 1. The molecule has 2 aromatic rings. The smallest absolute Gasteiger partial charge is 0.306 e. The van der Waals surface area contributed by atoms with Crippen molar-refractivity contribution in [3.63, 3.8) is 0 Å². The number of hydrogen-bond donors (Lipinski definition) is 1. The minimum absolute atomic E-state index is 0.0674. The van der Waals surface area contributed by atoms with Crippen LogP contribution in [0.4, 0.5) is 11.4 Å². The molecule has 10 heteroatoms. The summed E-state index contributed by atoms with van der Waals surface area (Å²) in [7, 11) is 0. The summed E-state index contributed by atoms with van der Waals surface area (Å²) in [6.45, 7) is 1.99. The molecule has 164 valence electrons. The number of hydrogen-bond acceptors (Lipinski definition) is 7. The van der Waals surface area contributed by atoms with Gasteiger partial charge in [-0.15, -0.1) is 0 Å². The molecular formula is C21H21ClN2O7. The zero-order chi connectivity index (χ0) is 22.8. The fraction of sp³-hybridized carbons (Fsp3) is 0.286. The fourth-order valence-corrected chi connectivity index (χ4v) is 2.65. The summed E-state index contributed by atoms with van der Waals surface area (Å²) < 4.78 is 10.3. The van der Waals surface area contributed by atoms with Crippen LogP contribution in [0.3, 0.4) is 0 Å². The minimum Gasteiger partial charge on any atom is -0.494 e. The molecule has 0 aliphatic rings. The third-order valence-electron chi connectivity index (χ3n) is 4.00. The lowest BCUT2D eigenvalue weighted by atomic mass is 10.1. The molecule has 0 heterocycles. The Morgan fingerprint density at radius 2 is 1.81 bits per heavy atom. The number of nitro groups is 1. The first kappa shape index (κ1) is 23.8. The Morgan fingerprint density at radius 3 is 2.45 bits per heavy atom. The lowest BCUT2D eigenvalue weighted by Crippen LogP contribution is -2.21. The molecule has 31 heavy (non-hydrogen) atoms. The zero-order valence-corrected chi connectivity index (χ0v) is 17.5. The van der Waals surface area contributed by atoms with Gasteiger partial charge < -0.3 is 14.8 Å². The van der Waals surface area contributed by atoms with Gasteiger partial charge in [0, 0.05) is 23.7 Å². The molecule has 0 aliphatic carbocycles. The highest BCUT2D eigenvalue weighted by Crippen LogP contribution is 2.27. The van der Waals surface area contributed by atoms with Crippen molar-refractivity contribution in [3.8, 4) is 5.75 Å². The van der Waals surface area contributed by atoms with Crippen LogP contribution in [0.1, 0.15) is 36.5 Å². The van der Waals surface area contributed by atoms with Gasteiger partial charge in [-0.1, -0.05) is 18.5 Å². The molecule has 0 fully saturated rings. The number of nitrogens with one attached hydrogen (secondary N) is 1. The molecule has 0 spiro atoms. The SMILES string of the molecule is CCCOc1ccc(C(=O)CCC(=O)OCC(=O)Nc2ccc(Cl)c([N+](=O)[O-])c2)cc1. The normalized spacial score (nSPS) is 10.3. The quantitative estimate of drug-likeness (QED) is 0.236. The second-order valence-corrected chi connectivity index (χ2v) is 6.84. The van der Waals surface area contributed by atoms with E-state index in [4.69, 9.17) is 21.1 Å². The average molecular weight is 449 g/mol. The second kappa shape index (κ2) is 11.7. The number of Topliss-reactive ketones (excluding diaryl/α,β-unsaturated/α-hetero) is 1. The van der Waals surface area contributed by atoms with Crippen LogP contribution in [-0.2, 0) is 14.3 Å². The van der Waals surface area contributed by atoms with Gasteiger partial charge in [-0.2, -0.15) is 0 Å². The van der Waals surface area contributed by atoms with E-state index in [0.717, 1.165) is 12.5 Å². The Hall–Kier alpha value is -3.46. The standard InChI is InChI=1S/C21H21ClN2O7/c1-2-11-30-16-6-3-14(4-7-16)19(25)9-10-21(27)31-13-20(26)23-15-5-8-17(22)18(12-15)24(28)29/h3-8,12H,2,9-11,13H2,1H3,(H,23,26). The van der Waals surface area contributed by atoms with Crippen molar-refractivity contribution in [1.82, 2.24) is 0 Å². The van der Waals surface area contributed by atoms with E-state index >= 15 is 0 Å². The third kappa shape index (κ3) is 7.71. The number of amides is 1. The Morgan fingerprint density at radius 1 is 1.10 bits per heavy atom. The van der Waals surface area contributed by atoms with E-state index in [1.54, 1.807) is 24.3 Å².